The van der Waals surface area contributed by atoms with Gasteiger partial charge in [-0.2, -0.15) is 5.26 Å². The van der Waals surface area contributed by atoms with E-state index in [1.165, 1.54) is 4.90 Å². The molecule has 0 bridgehead atoms. The van der Waals surface area contributed by atoms with Gasteiger partial charge in [-0.15, -0.1) is 0 Å². The number of hydrogen-bond donors (Lipinski definition) is 0. The van der Waals surface area contributed by atoms with Crippen LogP contribution < -0.4 is 4.74 Å². The van der Waals surface area contributed by atoms with Gasteiger partial charge in [-0.05, 0) is 23.6 Å². The van der Waals surface area contributed by atoms with Gasteiger partial charge in [-0.1, -0.05) is 26.0 Å². The fourth-order valence-corrected chi connectivity index (χ4v) is 1.81. The first kappa shape index (κ1) is 15.0. The summed E-state index contributed by atoms with van der Waals surface area (Å²) in [5.41, 5.74) is 0.794. The van der Waals surface area contributed by atoms with Crippen molar-refractivity contribution in [3.63, 3.8) is 0 Å². The average Bonchev–Trinajstić information content (AvgIpc) is 2.39. The average molecular weight is 260 g/mol. The third-order valence-electron chi connectivity index (χ3n) is 2.92. The van der Waals surface area contributed by atoms with E-state index in [-0.39, 0.29) is 11.8 Å². The van der Waals surface area contributed by atoms with Crippen LogP contribution in [-0.4, -0.2) is 25.0 Å². The molecule has 1 aromatic rings. The van der Waals surface area contributed by atoms with Crippen molar-refractivity contribution >= 4 is 5.91 Å². The minimum atomic E-state index is -0.558. The topological polar surface area (TPSA) is 53.3 Å². The summed E-state index contributed by atoms with van der Waals surface area (Å²) in [5.74, 6) is 0.999. The van der Waals surface area contributed by atoms with Gasteiger partial charge in [0.25, 0.3) is 0 Å². The molecule has 1 aromatic carbocycles. The molecular formula is C15H20N2O2. The second-order valence-corrected chi connectivity index (χ2v) is 4.91. The fourth-order valence-electron chi connectivity index (χ4n) is 1.81. The monoisotopic (exact) mass is 260 g/mol. The minimum absolute atomic E-state index is 0.0163. The summed E-state index contributed by atoms with van der Waals surface area (Å²) < 4.78 is 5.08. The molecule has 0 saturated carbocycles. The number of nitrogens with zero attached hydrogens (tertiary/aromatic N) is 2. The minimum Gasteiger partial charge on any atom is -0.497 e. The molecule has 0 aliphatic heterocycles. The van der Waals surface area contributed by atoms with Gasteiger partial charge in [-0.25, -0.2) is 0 Å². The quantitative estimate of drug-likeness (QED) is 0.818. The third kappa shape index (κ3) is 3.99. The Labute approximate surface area is 114 Å². The molecule has 0 spiro atoms. The van der Waals surface area contributed by atoms with Crippen molar-refractivity contribution in [2.45, 2.75) is 26.3 Å². The summed E-state index contributed by atoms with van der Waals surface area (Å²) in [6.45, 7) is 3.97. The van der Waals surface area contributed by atoms with Gasteiger partial charge in [0, 0.05) is 13.5 Å². The predicted octanol–water partition coefficient (Wildman–Crippen LogP) is 2.76. The second-order valence-electron chi connectivity index (χ2n) is 4.91. The number of methoxy groups -OCH3 is 1. The Bertz CT molecular complexity index is 460. The Balaban J connectivity index is 2.87. The van der Waals surface area contributed by atoms with Gasteiger partial charge in [-0.3, -0.25) is 4.79 Å². The van der Waals surface area contributed by atoms with Crippen LogP contribution in [0.25, 0.3) is 0 Å². The number of rotatable bonds is 5. The van der Waals surface area contributed by atoms with Crippen LogP contribution in [-0.2, 0) is 4.79 Å². The van der Waals surface area contributed by atoms with Crippen molar-refractivity contribution in [2.24, 2.45) is 5.92 Å². The SMILES string of the molecule is COc1ccc(C(C#N)N(C)C(=O)CC(C)C)cc1. The summed E-state index contributed by atoms with van der Waals surface area (Å²) in [6, 6.07) is 8.82. The highest BCUT2D eigenvalue weighted by molar-refractivity contribution is 5.77. The molecule has 0 heterocycles. The Morgan fingerprint density at radius 1 is 1.37 bits per heavy atom. The lowest BCUT2D eigenvalue weighted by Gasteiger charge is -2.24. The predicted molar refractivity (Wildman–Crippen MR) is 73.6 cm³/mol. The largest absolute Gasteiger partial charge is 0.497 e. The molecule has 0 radical (unpaired) electrons. The summed E-state index contributed by atoms with van der Waals surface area (Å²) in [4.78, 5) is 13.5. The first-order chi connectivity index (χ1) is 8.99. The Morgan fingerprint density at radius 2 is 1.95 bits per heavy atom. The molecule has 4 heteroatoms. The van der Waals surface area contributed by atoms with Gasteiger partial charge < -0.3 is 9.64 Å². The number of carbonyl (C=O) groups excluding carboxylic acids is 1. The maximum Gasteiger partial charge on any atom is 0.223 e. The Hall–Kier alpha value is -2.02. The first-order valence-electron chi connectivity index (χ1n) is 6.28. The molecule has 0 aromatic heterocycles. The van der Waals surface area contributed by atoms with E-state index in [0.717, 1.165) is 11.3 Å². The lowest BCUT2D eigenvalue weighted by molar-refractivity contribution is -0.131. The van der Waals surface area contributed by atoms with Crippen LogP contribution in [0.2, 0.25) is 0 Å². The molecule has 1 amide bonds. The Morgan fingerprint density at radius 3 is 2.37 bits per heavy atom. The van der Waals surface area contributed by atoms with Crippen molar-refractivity contribution in [1.82, 2.24) is 4.90 Å². The van der Waals surface area contributed by atoms with Crippen LogP contribution >= 0.6 is 0 Å². The molecule has 0 saturated heterocycles. The maximum absolute atomic E-state index is 12.0. The van der Waals surface area contributed by atoms with Gasteiger partial charge in [0.2, 0.25) is 5.91 Å². The lowest BCUT2D eigenvalue weighted by atomic mass is 10.0. The van der Waals surface area contributed by atoms with Gasteiger partial charge in [0.05, 0.1) is 13.2 Å². The van der Waals surface area contributed by atoms with E-state index >= 15 is 0 Å². The molecule has 19 heavy (non-hydrogen) atoms. The van der Waals surface area contributed by atoms with E-state index in [2.05, 4.69) is 6.07 Å². The van der Waals surface area contributed by atoms with Crippen molar-refractivity contribution in [3.05, 3.63) is 29.8 Å². The number of amides is 1. The van der Waals surface area contributed by atoms with Gasteiger partial charge in [0.1, 0.15) is 11.8 Å². The summed E-state index contributed by atoms with van der Waals surface area (Å²) in [6.07, 6.45) is 0.449. The standard InChI is InChI=1S/C15H20N2O2/c1-11(2)9-15(18)17(3)14(10-16)12-5-7-13(19-4)8-6-12/h5-8,11,14H,9H2,1-4H3. The van der Waals surface area contributed by atoms with Crippen LogP contribution in [0.15, 0.2) is 24.3 Å². The summed E-state index contributed by atoms with van der Waals surface area (Å²) in [5, 5.41) is 9.28. The summed E-state index contributed by atoms with van der Waals surface area (Å²) >= 11 is 0. The van der Waals surface area contributed by atoms with E-state index in [0.29, 0.717) is 6.42 Å². The van der Waals surface area contributed by atoms with E-state index in [1.54, 1.807) is 26.3 Å². The van der Waals surface area contributed by atoms with Crippen molar-refractivity contribution < 1.29 is 9.53 Å². The van der Waals surface area contributed by atoms with Crippen molar-refractivity contribution in [2.75, 3.05) is 14.2 Å². The van der Waals surface area contributed by atoms with Crippen molar-refractivity contribution in [1.29, 1.82) is 5.26 Å². The fraction of sp³-hybridized carbons (Fsp3) is 0.467. The van der Waals surface area contributed by atoms with Crippen LogP contribution in [0, 0.1) is 17.2 Å². The first-order valence-corrected chi connectivity index (χ1v) is 6.28. The van der Waals surface area contributed by atoms with E-state index in [4.69, 9.17) is 4.74 Å². The highest BCUT2D eigenvalue weighted by Crippen LogP contribution is 2.22. The molecule has 102 valence electrons. The zero-order chi connectivity index (χ0) is 14.4. The molecule has 0 aliphatic rings. The molecule has 0 fully saturated rings. The normalized spacial score (nSPS) is 11.8. The van der Waals surface area contributed by atoms with Crippen LogP contribution in [0.3, 0.4) is 0 Å². The number of benzene rings is 1. The van der Waals surface area contributed by atoms with E-state index < -0.39 is 6.04 Å². The van der Waals surface area contributed by atoms with Crippen LogP contribution in [0.5, 0.6) is 5.75 Å². The number of carbonyl (C=O) groups is 1. The van der Waals surface area contributed by atoms with Gasteiger partial charge >= 0.3 is 0 Å². The van der Waals surface area contributed by atoms with Crippen LogP contribution in [0.4, 0.5) is 0 Å². The summed E-state index contributed by atoms with van der Waals surface area (Å²) in [7, 11) is 3.26. The zero-order valence-corrected chi connectivity index (χ0v) is 11.9. The molecule has 1 unspecified atom stereocenters. The van der Waals surface area contributed by atoms with Gasteiger partial charge in [0.15, 0.2) is 0 Å². The van der Waals surface area contributed by atoms with E-state index in [1.807, 2.05) is 26.0 Å². The number of nitriles is 1. The number of ether oxygens (including phenoxy) is 1. The van der Waals surface area contributed by atoms with Crippen molar-refractivity contribution in [3.8, 4) is 11.8 Å². The maximum atomic E-state index is 12.0. The molecular weight excluding hydrogens is 240 g/mol. The highest BCUT2D eigenvalue weighted by atomic mass is 16.5. The third-order valence-corrected chi connectivity index (χ3v) is 2.92. The smallest absolute Gasteiger partial charge is 0.223 e. The molecule has 0 aliphatic carbocycles. The molecule has 1 rings (SSSR count). The lowest BCUT2D eigenvalue weighted by Crippen LogP contribution is -2.31. The number of hydrogen-bond acceptors (Lipinski definition) is 3. The molecule has 4 nitrogen and oxygen atoms in total. The highest BCUT2D eigenvalue weighted by Gasteiger charge is 2.21. The second kappa shape index (κ2) is 6.79. The Kier molecular flexibility index (Phi) is 5.37. The van der Waals surface area contributed by atoms with Crippen LogP contribution in [0.1, 0.15) is 31.9 Å². The zero-order valence-electron chi connectivity index (χ0n) is 11.9. The van der Waals surface area contributed by atoms with E-state index in [9.17, 15) is 10.1 Å². The molecule has 1 atom stereocenters. The molecule has 0 N–H and O–H groups in total.